The highest BCUT2D eigenvalue weighted by Gasteiger charge is 2.46. The number of nitrogens with zero attached hydrogens (tertiary/aromatic N) is 1. The van der Waals surface area contributed by atoms with Gasteiger partial charge in [-0.3, -0.25) is 19.3 Å². The van der Waals surface area contributed by atoms with Gasteiger partial charge in [0, 0.05) is 6.54 Å². The van der Waals surface area contributed by atoms with Gasteiger partial charge in [-0.2, -0.15) is 0 Å². The molecule has 2 atom stereocenters. The molecule has 2 amide bonds. The predicted octanol–water partition coefficient (Wildman–Crippen LogP) is 3.54. The number of hydrogen-bond acceptors (Lipinski definition) is 4. The van der Waals surface area contributed by atoms with Crippen molar-refractivity contribution in [2.24, 2.45) is 11.8 Å². The zero-order valence-corrected chi connectivity index (χ0v) is 16.5. The van der Waals surface area contributed by atoms with Gasteiger partial charge < -0.3 is 4.74 Å². The van der Waals surface area contributed by atoms with E-state index in [4.69, 9.17) is 4.74 Å². The Kier molecular flexibility index (Phi) is 5.22. The second-order valence-electron chi connectivity index (χ2n) is 8.44. The Labute approximate surface area is 160 Å². The van der Waals surface area contributed by atoms with Gasteiger partial charge in [-0.05, 0) is 42.4 Å². The molecule has 0 saturated carbocycles. The maximum Gasteiger partial charge on any atom is 0.313 e. The van der Waals surface area contributed by atoms with Crippen LogP contribution in [0.1, 0.15) is 51.2 Å². The molecule has 1 aromatic rings. The summed E-state index contributed by atoms with van der Waals surface area (Å²) in [4.78, 5) is 38.3. The van der Waals surface area contributed by atoms with Crippen LogP contribution < -0.4 is 4.74 Å². The van der Waals surface area contributed by atoms with Crippen LogP contribution in [-0.2, 0) is 19.8 Å². The summed E-state index contributed by atoms with van der Waals surface area (Å²) in [5.74, 6) is -0.753. The van der Waals surface area contributed by atoms with Crippen molar-refractivity contribution >= 4 is 17.8 Å². The molecule has 0 unspecified atom stereocenters. The topological polar surface area (TPSA) is 63.7 Å². The zero-order valence-electron chi connectivity index (χ0n) is 16.5. The average molecular weight is 369 g/mol. The van der Waals surface area contributed by atoms with Crippen molar-refractivity contribution in [3.8, 4) is 5.75 Å². The second kappa shape index (κ2) is 7.29. The first-order chi connectivity index (χ1) is 12.7. The molecule has 27 heavy (non-hydrogen) atoms. The number of ether oxygens (including phenoxy) is 1. The molecule has 144 valence electrons. The van der Waals surface area contributed by atoms with E-state index in [1.165, 1.54) is 10.5 Å². The number of hydrogen-bond donors (Lipinski definition) is 0. The van der Waals surface area contributed by atoms with Crippen LogP contribution in [-0.4, -0.2) is 29.2 Å². The van der Waals surface area contributed by atoms with Gasteiger partial charge >= 0.3 is 5.97 Å². The van der Waals surface area contributed by atoms with Gasteiger partial charge in [0.25, 0.3) is 0 Å². The number of aryl methyl sites for hydroxylation is 1. The van der Waals surface area contributed by atoms with Crippen LogP contribution in [0.25, 0.3) is 0 Å². The van der Waals surface area contributed by atoms with Crippen molar-refractivity contribution in [3.05, 3.63) is 41.5 Å². The Balaban J connectivity index is 1.59. The largest absolute Gasteiger partial charge is 0.426 e. The molecule has 5 nitrogen and oxygen atoms in total. The molecule has 1 aliphatic carbocycles. The molecule has 0 radical (unpaired) electrons. The number of allylic oxidation sites excluding steroid dienone is 2. The number of esters is 1. The van der Waals surface area contributed by atoms with Crippen LogP contribution in [0.4, 0.5) is 0 Å². The molecule has 0 N–H and O–H groups in total. The van der Waals surface area contributed by atoms with E-state index in [0.717, 1.165) is 5.56 Å². The molecular formula is C22H27NO4. The quantitative estimate of drug-likeness (QED) is 0.352. The molecule has 1 heterocycles. The summed E-state index contributed by atoms with van der Waals surface area (Å²) in [6, 6.07) is 5.79. The molecule has 1 aliphatic heterocycles. The number of amides is 2. The van der Waals surface area contributed by atoms with E-state index in [0.29, 0.717) is 18.6 Å². The average Bonchev–Trinajstić information content (AvgIpc) is 2.85. The summed E-state index contributed by atoms with van der Waals surface area (Å²) in [5, 5.41) is 0. The van der Waals surface area contributed by atoms with Crippen molar-refractivity contribution in [1.82, 2.24) is 4.90 Å². The highest BCUT2D eigenvalue weighted by molar-refractivity contribution is 6.05. The third kappa shape index (κ3) is 3.97. The van der Waals surface area contributed by atoms with Gasteiger partial charge in [-0.15, -0.1) is 0 Å². The number of fused-ring (bicyclic) bond motifs is 1. The van der Waals surface area contributed by atoms with Crippen LogP contribution in [0.2, 0.25) is 0 Å². The van der Waals surface area contributed by atoms with Crippen molar-refractivity contribution in [2.45, 2.75) is 52.4 Å². The van der Waals surface area contributed by atoms with Crippen LogP contribution in [0, 0.1) is 18.8 Å². The first-order valence-corrected chi connectivity index (χ1v) is 9.50. The van der Waals surface area contributed by atoms with E-state index in [2.05, 4.69) is 20.8 Å². The van der Waals surface area contributed by atoms with E-state index in [1.807, 2.05) is 31.2 Å². The lowest BCUT2D eigenvalue weighted by Crippen LogP contribution is -2.33. The van der Waals surface area contributed by atoms with Gasteiger partial charge in [0.2, 0.25) is 11.8 Å². The number of imide groups is 1. The number of carbonyl (C=O) groups is 3. The Bertz CT molecular complexity index is 777. The lowest BCUT2D eigenvalue weighted by molar-refractivity contribution is -0.141. The second-order valence-corrected chi connectivity index (χ2v) is 8.44. The molecule has 5 heteroatoms. The molecule has 0 spiro atoms. The fraction of sp³-hybridized carbons (Fsp3) is 0.500. The van der Waals surface area contributed by atoms with Crippen molar-refractivity contribution in [3.63, 3.8) is 0 Å². The van der Waals surface area contributed by atoms with E-state index in [1.54, 1.807) is 6.07 Å². The first-order valence-electron chi connectivity index (χ1n) is 9.50. The standard InChI is InChI=1S/C22H27NO4/c1-14-13-15(22(2,3)4)9-10-18(14)27-19(24)11-12-23-20(25)16-7-5-6-8-17(16)21(23)26/h5-6,9-10,13,16-17H,7-8,11-12H2,1-4H3/t16-,17-/m0/s1. The molecule has 3 rings (SSSR count). The SMILES string of the molecule is Cc1cc(C(C)(C)C)ccc1OC(=O)CCN1C(=O)[C@H]2CC=CC[C@@H]2C1=O. The maximum absolute atomic E-state index is 12.4. The molecule has 1 fully saturated rings. The summed E-state index contributed by atoms with van der Waals surface area (Å²) in [6.45, 7) is 8.38. The van der Waals surface area contributed by atoms with Crippen LogP contribution in [0.15, 0.2) is 30.4 Å². The van der Waals surface area contributed by atoms with Crippen LogP contribution in [0.3, 0.4) is 0 Å². The highest BCUT2D eigenvalue weighted by atomic mass is 16.5. The minimum atomic E-state index is -0.435. The van der Waals surface area contributed by atoms with Crippen molar-refractivity contribution < 1.29 is 19.1 Å². The van der Waals surface area contributed by atoms with Gasteiger partial charge in [-0.1, -0.05) is 45.1 Å². The van der Waals surface area contributed by atoms with Crippen molar-refractivity contribution in [2.75, 3.05) is 6.54 Å². The molecular weight excluding hydrogens is 342 g/mol. The fourth-order valence-corrected chi connectivity index (χ4v) is 3.70. The summed E-state index contributed by atoms with van der Waals surface area (Å²) in [7, 11) is 0. The molecule has 1 saturated heterocycles. The molecule has 0 aromatic heterocycles. The summed E-state index contributed by atoms with van der Waals surface area (Å²) < 4.78 is 5.46. The van der Waals surface area contributed by atoms with E-state index < -0.39 is 5.97 Å². The monoisotopic (exact) mass is 369 g/mol. The Hall–Kier alpha value is -2.43. The summed E-state index contributed by atoms with van der Waals surface area (Å²) >= 11 is 0. The third-order valence-corrected chi connectivity index (χ3v) is 5.40. The Morgan fingerprint density at radius 2 is 1.70 bits per heavy atom. The highest BCUT2D eigenvalue weighted by Crippen LogP contribution is 2.35. The molecule has 2 aliphatic rings. The Morgan fingerprint density at radius 1 is 1.11 bits per heavy atom. The van der Waals surface area contributed by atoms with E-state index >= 15 is 0 Å². The minimum absolute atomic E-state index is 0.00477. The number of benzene rings is 1. The Morgan fingerprint density at radius 3 is 2.22 bits per heavy atom. The van der Waals surface area contributed by atoms with Crippen molar-refractivity contribution in [1.29, 1.82) is 0 Å². The minimum Gasteiger partial charge on any atom is -0.426 e. The predicted molar refractivity (Wildman–Crippen MR) is 102 cm³/mol. The van der Waals surface area contributed by atoms with Crippen LogP contribution >= 0.6 is 0 Å². The lowest BCUT2D eigenvalue weighted by atomic mass is 9.85. The van der Waals surface area contributed by atoms with Crippen LogP contribution in [0.5, 0.6) is 5.75 Å². The third-order valence-electron chi connectivity index (χ3n) is 5.40. The smallest absolute Gasteiger partial charge is 0.313 e. The lowest BCUT2D eigenvalue weighted by Gasteiger charge is -2.20. The normalized spacial score (nSPS) is 22.1. The first kappa shape index (κ1) is 19.3. The summed E-state index contributed by atoms with van der Waals surface area (Å²) in [6.07, 6.45) is 5.12. The van der Waals surface area contributed by atoms with E-state index in [-0.39, 0.29) is 42.0 Å². The molecule has 1 aromatic carbocycles. The molecule has 0 bridgehead atoms. The summed E-state index contributed by atoms with van der Waals surface area (Å²) in [5.41, 5.74) is 2.08. The number of likely N-dealkylation sites (tertiary alicyclic amines) is 1. The fourth-order valence-electron chi connectivity index (χ4n) is 3.70. The number of carbonyl (C=O) groups excluding carboxylic acids is 3. The van der Waals surface area contributed by atoms with E-state index in [9.17, 15) is 14.4 Å². The van der Waals surface area contributed by atoms with Gasteiger partial charge in [0.15, 0.2) is 0 Å². The van der Waals surface area contributed by atoms with Gasteiger partial charge in [-0.25, -0.2) is 0 Å². The zero-order chi connectivity index (χ0) is 19.8. The maximum atomic E-state index is 12.4. The number of rotatable bonds is 4. The van der Waals surface area contributed by atoms with Gasteiger partial charge in [0.05, 0.1) is 18.3 Å². The van der Waals surface area contributed by atoms with Gasteiger partial charge in [0.1, 0.15) is 5.75 Å².